The summed E-state index contributed by atoms with van der Waals surface area (Å²) < 4.78 is 16.7. The predicted octanol–water partition coefficient (Wildman–Crippen LogP) is 16.3. The summed E-state index contributed by atoms with van der Waals surface area (Å²) in [6, 6.07) is 0. The van der Waals surface area contributed by atoms with Gasteiger partial charge in [0, 0.05) is 19.3 Å². The van der Waals surface area contributed by atoms with Crippen LogP contribution in [0.5, 0.6) is 0 Å². The molecule has 0 aromatic carbocycles. The van der Waals surface area contributed by atoms with Gasteiger partial charge in [-0.3, -0.25) is 14.4 Å². The molecule has 0 saturated heterocycles. The standard InChI is InChI=1S/C54H92O6/c1-4-7-10-13-16-19-22-24-26-28-30-32-35-38-41-44-47-53(56)59-50-51(49-58-52(55)46-43-40-37-34-21-18-15-12-9-6-3)60-54(57)48-45-42-39-36-33-31-29-27-25-23-20-17-14-11-8-5-2/h7,10,16,19,24,26-27,29-30,32,38,41,51H,4-6,8-9,11-15,17-18,20-23,25,28,31,33-37,39-40,42-50H2,1-3H3/b10-7-,19-16-,26-24-,29-27-,32-30-,41-38-. The molecule has 0 spiro atoms. The number of unbranched alkanes of at least 4 members (excludes halogenated alkanes) is 21. The van der Waals surface area contributed by atoms with Gasteiger partial charge in [-0.25, -0.2) is 0 Å². The fraction of sp³-hybridized carbons (Fsp3) is 0.722. The van der Waals surface area contributed by atoms with E-state index in [1.165, 1.54) is 103 Å². The zero-order valence-electron chi connectivity index (χ0n) is 39.2. The molecule has 0 aliphatic heterocycles. The van der Waals surface area contributed by atoms with E-state index in [1.807, 2.05) is 6.08 Å². The molecule has 1 atom stereocenters. The lowest BCUT2D eigenvalue weighted by molar-refractivity contribution is -0.166. The Morgan fingerprint density at radius 1 is 0.350 bits per heavy atom. The molecule has 0 radical (unpaired) electrons. The van der Waals surface area contributed by atoms with E-state index in [1.54, 1.807) is 0 Å². The summed E-state index contributed by atoms with van der Waals surface area (Å²) in [6.45, 7) is 6.43. The Morgan fingerprint density at radius 3 is 1.12 bits per heavy atom. The number of ether oxygens (including phenoxy) is 3. The molecule has 6 nitrogen and oxygen atoms in total. The van der Waals surface area contributed by atoms with E-state index >= 15 is 0 Å². The maximum absolute atomic E-state index is 12.8. The summed E-state index contributed by atoms with van der Waals surface area (Å²) in [6.07, 6.45) is 60.4. The molecule has 0 bridgehead atoms. The van der Waals surface area contributed by atoms with Crippen molar-refractivity contribution in [2.45, 2.75) is 239 Å². The predicted molar refractivity (Wildman–Crippen MR) is 256 cm³/mol. The van der Waals surface area contributed by atoms with Crippen LogP contribution in [0.1, 0.15) is 233 Å². The minimum absolute atomic E-state index is 0.100. The molecule has 344 valence electrons. The Bertz CT molecular complexity index is 1140. The van der Waals surface area contributed by atoms with Crippen molar-refractivity contribution in [3.63, 3.8) is 0 Å². The van der Waals surface area contributed by atoms with Gasteiger partial charge in [0.25, 0.3) is 0 Å². The lowest BCUT2D eigenvalue weighted by Gasteiger charge is -2.18. The van der Waals surface area contributed by atoms with Crippen molar-refractivity contribution in [2.24, 2.45) is 0 Å². The van der Waals surface area contributed by atoms with Crippen LogP contribution in [0, 0.1) is 0 Å². The molecular formula is C54H92O6. The Balaban J connectivity index is 4.48. The van der Waals surface area contributed by atoms with Gasteiger partial charge in [-0.2, -0.15) is 0 Å². The highest BCUT2D eigenvalue weighted by molar-refractivity contribution is 5.71. The summed E-state index contributed by atoms with van der Waals surface area (Å²) in [7, 11) is 0. The maximum atomic E-state index is 12.8. The Labute approximate surface area is 370 Å². The second kappa shape index (κ2) is 48.5. The van der Waals surface area contributed by atoms with Crippen LogP contribution < -0.4 is 0 Å². The molecule has 0 aliphatic carbocycles. The van der Waals surface area contributed by atoms with Crippen molar-refractivity contribution in [2.75, 3.05) is 13.2 Å². The van der Waals surface area contributed by atoms with Gasteiger partial charge in [-0.05, 0) is 77.0 Å². The summed E-state index contributed by atoms with van der Waals surface area (Å²) >= 11 is 0. The fourth-order valence-corrected chi connectivity index (χ4v) is 6.72. The second-order valence-electron chi connectivity index (χ2n) is 16.3. The Hall–Kier alpha value is -3.15. The van der Waals surface area contributed by atoms with Gasteiger partial charge < -0.3 is 14.2 Å². The van der Waals surface area contributed by atoms with Crippen LogP contribution in [-0.4, -0.2) is 37.2 Å². The van der Waals surface area contributed by atoms with Gasteiger partial charge in [-0.15, -0.1) is 0 Å². The SMILES string of the molecule is CC/C=C\C/C=C\C/C=C\C/C=C\C/C=C\CCC(=O)OCC(COC(=O)CCCCCCCCCCCC)OC(=O)CCCCCCC/C=C\CCCCCCCCC. The van der Waals surface area contributed by atoms with Crippen LogP contribution in [-0.2, 0) is 28.6 Å². The molecule has 0 aromatic rings. The quantitative estimate of drug-likeness (QED) is 0.0263. The van der Waals surface area contributed by atoms with Crippen LogP contribution in [0.2, 0.25) is 0 Å². The first kappa shape index (κ1) is 56.9. The third kappa shape index (κ3) is 45.9. The smallest absolute Gasteiger partial charge is 0.306 e. The van der Waals surface area contributed by atoms with Gasteiger partial charge in [0.2, 0.25) is 0 Å². The number of allylic oxidation sites excluding steroid dienone is 12. The molecular weight excluding hydrogens is 745 g/mol. The normalized spacial score (nSPS) is 12.7. The number of rotatable bonds is 44. The number of hydrogen-bond acceptors (Lipinski definition) is 6. The molecule has 6 heteroatoms. The zero-order chi connectivity index (χ0) is 43.7. The highest BCUT2D eigenvalue weighted by atomic mass is 16.6. The highest BCUT2D eigenvalue weighted by Crippen LogP contribution is 2.14. The molecule has 0 aromatic heterocycles. The molecule has 0 saturated carbocycles. The average molecular weight is 837 g/mol. The molecule has 0 rings (SSSR count). The lowest BCUT2D eigenvalue weighted by Crippen LogP contribution is -2.30. The van der Waals surface area contributed by atoms with E-state index in [9.17, 15) is 14.4 Å². The largest absolute Gasteiger partial charge is 0.462 e. The molecule has 1 unspecified atom stereocenters. The van der Waals surface area contributed by atoms with Crippen LogP contribution in [0.4, 0.5) is 0 Å². The van der Waals surface area contributed by atoms with Gasteiger partial charge in [-0.1, -0.05) is 209 Å². The van der Waals surface area contributed by atoms with E-state index < -0.39 is 6.10 Å². The minimum Gasteiger partial charge on any atom is -0.462 e. The monoisotopic (exact) mass is 837 g/mol. The molecule has 0 heterocycles. The van der Waals surface area contributed by atoms with Gasteiger partial charge in [0.15, 0.2) is 6.10 Å². The van der Waals surface area contributed by atoms with Crippen molar-refractivity contribution < 1.29 is 28.6 Å². The molecule has 0 N–H and O–H groups in total. The fourth-order valence-electron chi connectivity index (χ4n) is 6.72. The minimum atomic E-state index is -0.806. The third-order valence-electron chi connectivity index (χ3n) is 10.5. The topological polar surface area (TPSA) is 78.9 Å². The number of esters is 3. The maximum Gasteiger partial charge on any atom is 0.306 e. The van der Waals surface area contributed by atoms with E-state index in [-0.39, 0.29) is 37.5 Å². The second-order valence-corrected chi connectivity index (χ2v) is 16.3. The van der Waals surface area contributed by atoms with Crippen molar-refractivity contribution in [3.05, 3.63) is 72.9 Å². The summed E-state index contributed by atoms with van der Waals surface area (Å²) in [5.41, 5.74) is 0. The molecule has 60 heavy (non-hydrogen) atoms. The highest BCUT2D eigenvalue weighted by Gasteiger charge is 2.19. The summed E-state index contributed by atoms with van der Waals surface area (Å²) in [4.78, 5) is 37.8. The first-order chi connectivity index (χ1) is 29.5. The van der Waals surface area contributed by atoms with Crippen LogP contribution >= 0.6 is 0 Å². The number of hydrogen-bond donors (Lipinski definition) is 0. The van der Waals surface area contributed by atoms with Crippen LogP contribution in [0.25, 0.3) is 0 Å². The average Bonchev–Trinajstić information content (AvgIpc) is 3.24. The molecule has 0 aliphatic rings. The van der Waals surface area contributed by atoms with Gasteiger partial charge in [0.1, 0.15) is 13.2 Å². The van der Waals surface area contributed by atoms with E-state index in [2.05, 4.69) is 87.6 Å². The van der Waals surface area contributed by atoms with Crippen LogP contribution in [0.15, 0.2) is 72.9 Å². The first-order valence-corrected chi connectivity index (χ1v) is 24.9. The number of carbonyl (C=O) groups is 3. The van der Waals surface area contributed by atoms with Gasteiger partial charge >= 0.3 is 17.9 Å². The van der Waals surface area contributed by atoms with Crippen molar-refractivity contribution in [1.29, 1.82) is 0 Å². The van der Waals surface area contributed by atoms with E-state index in [4.69, 9.17) is 14.2 Å². The first-order valence-electron chi connectivity index (χ1n) is 24.9. The third-order valence-corrected chi connectivity index (χ3v) is 10.5. The van der Waals surface area contributed by atoms with Gasteiger partial charge in [0.05, 0.1) is 0 Å². The summed E-state index contributed by atoms with van der Waals surface area (Å²) in [5, 5.41) is 0. The lowest BCUT2D eigenvalue weighted by atomic mass is 10.1. The zero-order valence-corrected chi connectivity index (χ0v) is 39.2. The van der Waals surface area contributed by atoms with Crippen molar-refractivity contribution in [3.8, 4) is 0 Å². The van der Waals surface area contributed by atoms with Crippen molar-refractivity contribution >= 4 is 17.9 Å². The Kier molecular flexibility index (Phi) is 46.0. The van der Waals surface area contributed by atoms with Crippen LogP contribution in [0.3, 0.4) is 0 Å². The van der Waals surface area contributed by atoms with E-state index in [0.717, 1.165) is 83.5 Å². The summed E-state index contributed by atoms with van der Waals surface area (Å²) in [5.74, 6) is -0.997. The van der Waals surface area contributed by atoms with E-state index in [0.29, 0.717) is 19.3 Å². The molecule has 0 fully saturated rings. The molecule has 0 amide bonds. The Morgan fingerprint density at radius 2 is 0.683 bits per heavy atom. The van der Waals surface area contributed by atoms with Crippen molar-refractivity contribution in [1.82, 2.24) is 0 Å². The number of carbonyl (C=O) groups excluding carboxylic acids is 3.